The van der Waals surface area contributed by atoms with Crippen molar-refractivity contribution in [1.82, 2.24) is 0 Å². The second kappa shape index (κ2) is 6.71. The number of hydrogen-bond donors (Lipinski definition) is 1. The molecule has 2 aromatic rings. The van der Waals surface area contributed by atoms with E-state index >= 15 is 0 Å². The molecule has 2 aromatic carbocycles. The Labute approximate surface area is 136 Å². The fourth-order valence-corrected chi connectivity index (χ4v) is 2.49. The van der Waals surface area contributed by atoms with Crippen molar-refractivity contribution in [2.45, 2.75) is 6.92 Å². The Hall–Kier alpha value is -1.89. The minimum absolute atomic E-state index is 0.182. The van der Waals surface area contributed by atoms with Gasteiger partial charge < -0.3 is 10.1 Å². The number of methoxy groups -OCH3 is 1. The molecule has 0 saturated carbocycles. The number of carbonyl (C=O) groups is 2. The molecule has 21 heavy (non-hydrogen) atoms. The van der Waals surface area contributed by atoms with Crippen LogP contribution in [0, 0.1) is 10.5 Å². The lowest BCUT2D eigenvalue weighted by molar-refractivity contribution is 0.0600. The van der Waals surface area contributed by atoms with Crippen molar-refractivity contribution in [3.63, 3.8) is 0 Å². The number of anilines is 1. The molecule has 0 heterocycles. The maximum atomic E-state index is 12.1. The standard InChI is InChI=1S/C16H14INO3/c1-10-8-14(13(17)9-12(10)16(20)21-2)18-15(19)11-6-4-3-5-7-11/h3-9H,1-2H3,(H,18,19). The monoisotopic (exact) mass is 395 g/mol. The summed E-state index contributed by atoms with van der Waals surface area (Å²) in [6.45, 7) is 1.81. The van der Waals surface area contributed by atoms with Gasteiger partial charge in [-0.2, -0.15) is 0 Å². The molecule has 0 aliphatic rings. The number of esters is 1. The van der Waals surface area contributed by atoms with Crippen LogP contribution in [0.2, 0.25) is 0 Å². The summed E-state index contributed by atoms with van der Waals surface area (Å²) >= 11 is 2.08. The first-order valence-corrected chi connectivity index (χ1v) is 7.35. The molecule has 2 rings (SSSR count). The van der Waals surface area contributed by atoms with Crippen LogP contribution >= 0.6 is 22.6 Å². The van der Waals surface area contributed by atoms with Gasteiger partial charge in [-0.15, -0.1) is 0 Å². The predicted molar refractivity (Wildman–Crippen MR) is 89.6 cm³/mol. The summed E-state index contributed by atoms with van der Waals surface area (Å²) in [5.41, 5.74) is 2.52. The fourth-order valence-electron chi connectivity index (χ4n) is 1.89. The van der Waals surface area contributed by atoms with Crippen molar-refractivity contribution in [2.75, 3.05) is 12.4 Å². The topological polar surface area (TPSA) is 55.4 Å². The van der Waals surface area contributed by atoms with Gasteiger partial charge in [-0.05, 0) is 59.3 Å². The Morgan fingerprint density at radius 1 is 1.14 bits per heavy atom. The van der Waals surface area contributed by atoms with E-state index in [4.69, 9.17) is 4.74 Å². The number of aryl methyl sites for hydroxylation is 1. The Kier molecular flexibility index (Phi) is 4.95. The van der Waals surface area contributed by atoms with E-state index < -0.39 is 0 Å². The van der Waals surface area contributed by atoms with E-state index in [2.05, 4.69) is 27.9 Å². The summed E-state index contributed by atoms with van der Waals surface area (Å²) in [6, 6.07) is 12.5. The second-order valence-electron chi connectivity index (χ2n) is 4.46. The molecule has 0 aliphatic carbocycles. The molecule has 0 aliphatic heterocycles. The quantitative estimate of drug-likeness (QED) is 0.638. The van der Waals surface area contributed by atoms with Gasteiger partial charge in [0.25, 0.3) is 5.91 Å². The van der Waals surface area contributed by atoms with E-state index in [0.717, 1.165) is 9.13 Å². The molecule has 0 bridgehead atoms. The van der Waals surface area contributed by atoms with Crippen LogP contribution in [0.25, 0.3) is 0 Å². The molecule has 0 spiro atoms. The second-order valence-corrected chi connectivity index (χ2v) is 5.62. The number of benzene rings is 2. The molecule has 0 saturated heterocycles. The molecule has 0 radical (unpaired) electrons. The third-order valence-electron chi connectivity index (χ3n) is 3.00. The minimum Gasteiger partial charge on any atom is -0.465 e. The fraction of sp³-hybridized carbons (Fsp3) is 0.125. The molecule has 1 N–H and O–H groups in total. The zero-order chi connectivity index (χ0) is 15.4. The van der Waals surface area contributed by atoms with Crippen LogP contribution in [-0.2, 0) is 4.74 Å². The number of amides is 1. The van der Waals surface area contributed by atoms with Crippen molar-refractivity contribution in [3.8, 4) is 0 Å². The normalized spacial score (nSPS) is 10.0. The maximum Gasteiger partial charge on any atom is 0.338 e. The molecular formula is C16H14INO3. The summed E-state index contributed by atoms with van der Waals surface area (Å²) in [5, 5.41) is 2.85. The van der Waals surface area contributed by atoms with Gasteiger partial charge in [-0.25, -0.2) is 4.79 Å². The van der Waals surface area contributed by atoms with Gasteiger partial charge in [0.2, 0.25) is 0 Å². The molecule has 0 unspecified atom stereocenters. The van der Waals surface area contributed by atoms with Crippen molar-refractivity contribution in [1.29, 1.82) is 0 Å². The number of ether oxygens (including phenoxy) is 1. The Bertz CT molecular complexity index is 683. The lowest BCUT2D eigenvalue weighted by atomic mass is 10.1. The van der Waals surface area contributed by atoms with E-state index in [0.29, 0.717) is 16.8 Å². The van der Waals surface area contributed by atoms with E-state index in [1.165, 1.54) is 7.11 Å². The van der Waals surface area contributed by atoms with Crippen molar-refractivity contribution >= 4 is 40.2 Å². The summed E-state index contributed by atoms with van der Waals surface area (Å²) in [7, 11) is 1.35. The number of hydrogen-bond acceptors (Lipinski definition) is 3. The maximum absolute atomic E-state index is 12.1. The molecule has 5 heteroatoms. The van der Waals surface area contributed by atoms with E-state index in [1.807, 2.05) is 18.2 Å². The van der Waals surface area contributed by atoms with Crippen LogP contribution in [0.3, 0.4) is 0 Å². The van der Waals surface area contributed by atoms with Gasteiger partial charge in [-0.1, -0.05) is 18.2 Å². The van der Waals surface area contributed by atoms with Gasteiger partial charge in [0, 0.05) is 9.13 Å². The van der Waals surface area contributed by atoms with Crippen LogP contribution < -0.4 is 5.32 Å². The number of carbonyl (C=O) groups excluding carboxylic acids is 2. The number of nitrogens with one attached hydrogen (secondary N) is 1. The minimum atomic E-state index is -0.383. The SMILES string of the molecule is COC(=O)c1cc(I)c(NC(=O)c2ccccc2)cc1C. The first kappa shape index (κ1) is 15.5. The van der Waals surface area contributed by atoms with Crippen LogP contribution in [0.4, 0.5) is 5.69 Å². The van der Waals surface area contributed by atoms with E-state index in [-0.39, 0.29) is 11.9 Å². The highest BCUT2D eigenvalue weighted by molar-refractivity contribution is 14.1. The molecule has 0 fully saturated rings. The smallest absolute Gasteiger partial charge is 0.338 e. The Morgan fingerprint density at radius 3 is 2.43 bits per heavy atom. The molecule has 0 aromatic heterocycles. The van der Waals surface area contributed by atoms with Crippen LogP contribution in [0.5, 0.6) is 0 Å². The third-order valence-corrected chi connectivity index (χ3v) is 3.90. The molecule has 108 valence electrons. The number of halogens is 1. The molecule has 1 amide bonds. The summed E-state index contributed by atoms with van der Waals surface area (Å²) in [5.74, 6) is -0.565. The van der Waals surface area contributed by atoms with Gasteiger partial charge in [0.1, 0.15) is 0 Å². The average Bonchev–Trinajstić information content (AvgIpc) is 2.50. The lowest BCUT2D eigenvalue weighted by Crippen LogP contribution is -2.14. The largest absolute Gasteiger partial charge is 0.465 e. The van der Waals surface area contributed by atoms with Gasteiger partial charge in [0.05, 0.1) is 18.4 Å². The zero-order valence-corrected chi connectivity index (χ0v) is 13.8. The van der Waals surface area contributed by atoms with Gasteiger partial charge in [0.15, 0.2) is 0 Å². The zero-order valence-electron chi connectivity index (χ0n) is 11.6. The van der Waals surface area contributed by atoms with Crippen LogP contribution in [0.1, 0.15) is 26.3 Å². The van der Waals surface area contributed by atoms with E-state index in [1.54, 1.807) is 31.2 Å². The Morgan fingerprint density at radius 2 is 1.81 bits per heavy atom. The van der Waals surface area contributed by atoms with Crippen LogP contribution in [0.15, 0.2) is 42.5 Å². The number of rotatable bonds is 3. The van der Waals surface area contributed by atoms with Crippen LogP contribution in [-0.4, -0.2) is 19.0 Å². The summed E-state index contributed by atoms with van der Waals surface area (Å²) in [6.07, 6.45) is 0. The van der Waals surface area contributed by atoms with E-state index in [9.17, 15) is 9.59 Å². The van der Waals surface area contributed by atoms with Crippen molar-refractivity contribution in [2.24, 2.45) is 0 Å². The Balaban J connectivity index is 2.28. The molecule has 4 nitrogen and oxygen atoms in total. The summed E-state index contributed by atoms with van der Waals surface area (Å²) < 4.78 is 5.51. The highest BCUT2D eigenvalue weighted by Gasteiger charge is 2.14. The van der Waals surface area contributed by atoms with Crippen molar-refractivity contribution in [3.05, 3.63) is 62.7 Å². The van der Waals surface area contributed by atoms with Gasteiger partial charge in [-0.3, -0.25) is 4.79 Å². The third kappa shape index (κ3) is 3.60. The van der Waals surface area contributed by atoms with Crippen molar-refractivity contribution < 1.29 is 14.3 Å². The summed E-state index contributed by atoms with van der Waals surface area (Å²) in [4.78, 5) is 23.8. The first-order valence-electron chi connectivity index (χ1n) is 6.27. The molecule has 0 atom stereocenters. The predicted octanol–water partition coefficient (Wildman–Crippen LogP) is 3.64. The lowest BCUT2D eigenvalue weighted by Gasteiger charge is -2.11. The molecular weight excluding hydrogens is 381 g/mol. The highest BCUT2D eigenvalue weighted by atomic mass is 127. The van der Waals surface area contributed by atoms with Gasteiger partial charge >= 0.3 is 5.97 Å². The first-order chi connectivity index (χ1) is 10.0. The average molecular weight is 395 g/mol. The highest BCUT2D eigenvalue weighted by Crippen LogP contribution is 2.24.